The third kappa shape index (κ3) is 4.55. The van der Waals surface area contributed by atoms with Gasteiger partial charge in [-0.05, 0) is 52.6 Å². The molecule has 0 bridgehead atoms. The summed E-state index contributed by atoms with van der Waals surface area (Å²) >= 11 is 0. The van der Waals surface area contributed by atoms with E-state index in [1.807, 2.05) is 73.7 Å². The van der Waals surface area contributed by atoms with Crippen LogP contribution in [0.15, 0.2) is 96.7 Å². The van der Waals surface area contributed by atoms with Gasteiger partial charge >= 0.3 is 6.03 Å². The quantitative estimate of drug-likeness (QED) is 0.299. The molecule has 5 nitrogen and oxygen atoms in total. The van der Waals surface area contributed by atoms with Crippen molar-refractivity contribution in [2.45, 2.75) is 20.1 Å². The molecule has 4 aromatic carbocycles. The lowest BCUT2D eigenvalue weighted by atomic mass is 10.1. The Bertz CT molecular complexity index is 1400. The van der Waals surface area contributed by atoms with E-state index < -0.39 is 6.03 Å². The van der Waals surface area contributed by atoms with Crippen LogP contribution in [0.4, 0.5) is 4.79 Å². The van der Waals surface area contributed by atoms with Crippen molar-refractivity contribution in [3.63, 3.8) is 0 Å². The highest BCUT2D eigenvalue weighted by Crippen LogP contribution is 2.22. The molecular weight excluding hydrogens is 424 g/mol. The van der Waals surface area contributed by atoms with Crippen molar-refractivity contribution in [1.82, 2.24) is 10.2 Å². The van der Waals surface area contributed by atoms with Gasteiger partial charge < -0.3 is 10.1 Å². The van der Waals surface area contributed by atoms with Crippen molar-refractivity contribution in [2.75, 3.05) is 0 Å². The van der Waals surface area contributed by atoms with Crippen molar-refractivity contribution in [1.29, 1.82) is 0 Å². The van der Waals surface area contributed by atoms with Gasteiger partial charge in [-0.15, -0.1) is 0 Å². The van der Waals surface area contributed by atoms with Gasteiger partial charge in [-0.25, -0.2) is 4.79 Å². The summed E-state index contributed by atoms with van der Waals surface area (Å²) in [4.78, 5) is 26.4. The Morgan fingerprint density at radius 2 is 1.65 bits per heavy atom. The number of urea groups is 1. The number of fused-ring (bicyclic) bond motifs is 1. The average Bonchev–Trinajstić information content (AvgIpc) is 3.11. The SMILES string of the molecule is Cc1cccc(CN2C(=O)N/C(=C/c3ccc(OCc4cccc5ccccc45)cc3)C2=O)c1. The predicted octanol–water partition coefficient (Wildman–Crippen LogP) is 5.82. The lowest BCUT2D eigenvalue weighted by Gasteiger charge is -2.12. The van der Waals surface area contributed by atoms with Crippen LogP contribution in [-0.4, -0.2) is 16.8 Å². The van der Waals surface area contributed by atoms with Crippen molar-refractivity contribution in [3.8, 4) is 5.75 Å². The molecule has 34 heavy (non-hydrogen) atoms. The zero-order chi connectivity index (χ0) is 23.5. The summed E-state index contributed by atoms with van der Waals surface area (Å²) in [6.07, 6.45) is 1.69. The summed E-state index contributed by atoms with van der Waals surface area (Å²) in [6.45, 7) is 2.69. The highest BCUT2D eigenvalue weighted by atomic mass is 16.5. The molecule has 0 saturated carbocycles. The highest BCUT2D eigenvalue weighted by molar-refractivity contribution is 6.13. The molecule has 0 radical (unpaired) electrons. The van der Waals surface area contributed by atoms with Crippen molar-refractivity contribution in [3.05, 3.63) is 119 Å². The smallest absolute Gasteiger partial charge is 0.329 e. The monoisotopic (exact) mass is 448 g/mol. The van der Waals surface area contributed by atoms with Gasteiger partial charge in [0, 0.05) is 0 Å². The number of carbonyl (C=O) groups is 2. The van der Waals surface area contributed by atoms with Crippen LogP contribution in [0, 0.1) is 6.92 Å². The number of aryl methyl sites for hydroxylation is 1. The molecule has 0 spiro atoms. The van der Waals surface area contributed by atoms with E-state index in [1.54, 1.807) is 6.08 Å². The summed E-state index contributed by atoms with van der Waals surface area (Å²) in [5.41, 5.74) is 4.19. The summed E-state index contributed by atoms with van der Waals surface area (Å²) in [5, 5.41) is 5.05. The van der Waals surface area contributed by atoms with Crippen LogP contribution in [0.2, 0.25) is 0 Å². The largest absolute Gasteiger partial charge is 0.489 e. The Labute approximate surface area is 198 Å². The molecule has 0 atom stereocenters. The third-order valence-corrected chi connectivity index (χ3v) is 5.85. The number of hydrogen-bond donors (Lipinski definition) is 1. The first-order valence-corrected chi connectivity index (χ1v) is 11.2. The van der Waals surface area contributed by atoms with Gasteiger partial charge in [0.1, 0.15) is 18.1 Å². The maximum absolute atomic E-state index is 12.8. The van der Waals surface area contributed by atoms with Crippen LogP contribution >= 0.6 is 0 Å². The topological polar surface area (TPSA) is 58.6 Å². The first kappa shape index (κ1) is 21.5. The number of nitrogens with one attached hydrogen (secondary N) is 1. The fraction of sp³-hybridized carbons (Fsp3) is 0.103. The van der Waals surface area contributed by atoms with Crippen LogP contribution in [0.25, 0.3) is 16.8 Å². The van der Waals surface area contributed by atoms with Gasteiger partial charge in [-0.3, -0.25) is 9.69 Å². The van der Waals surface area contributed by atoms with Crippen LogP contribution in [0.3, 0.4) is 0 Å². The molecule has 5 rings (SSSR count). The van der Waals surface area contributed by atoms with Gasteiger partial charge in [0.25, 0.3) is 5.91 Å². The molecule has 4 aromatic rings. The van der Waals surface area contributed by atoms with Gasteiger partial charge in [0.2, 0.25) is 0 Å². The lowest BCUT2D eigenvalue weighted by molar-refractivity contribution is -0.123. The van der Waals surface area contributed by atoms with E-state index in [-0.39, 0.29) is 18.1 Å². The minimum Gasteiger partial charge on any atom is -0.489 e. The average molecular weight is 449 g/mol. The molecule has 0 aromatic heterocycles. The fourth-order valence-corrected chi connectivity index (χ4v) is 4.11. The third-order valence-electron chi connectivity index (χ3n) is 5.85. The summed E-state index contributed by atoms with van der Waals surface area (Å²) in [6, 6.07) is 29.3. The van der Waals surface area contributed by atoms with Gasteiger partial charge in [-0.1, -0.05) is 84.4 Å². The van der Waals surface area contributed by atoms with Gasteiger partial charge in [0.15, 0.2) is 0 Å². The summed E-state index contributed by atoms with van der Waals surface area (Å²) in [7, 11) is 0. The Morgan fingerprint density at radius 3 is 2.47 bits per heavy atom. The minimum absolute atomic E-state index is 0.241. The molecule has 1 heterocycles. The number of ether oxygens (including phenoxy) is 1. The van der Waals surface area contributed by atoms with E-state index in [9.17, 15) is 9.59 Å². The number of hydrogen-bond acceptors (Lipinski definition) is 3. The summed E-state index contributed by atoms with van der Waals surface area (Å²) < 4.78 is 5.99. The van der Waals surface area contributed by atoms with E-state index in [0.717, 1.165) is 28.0 Å². The maximum atomic E-state index is 12.8. The molecule has 1 saturated heterocycles. The first-order chi connectivity index (χ1) is 16.6. The normalized spacial score (nSPS) is 14.6. The molecule has 1 aliphatic heterocycles. The van der Waals surface area contributed by atoms with Crippen molar-refractivity contribution >= 4 is 28.8 Å². The first-order valence-electron chi connectivity index (χ1n) is 11.2. The van der Waals surface area contributed by atoms with E-state index >= 15 is 0 Å². The number of imide groups is 1. The Balaban J connectivity index is 1.26. The number of carbonyl (C=O) groups excluding carboxylic acids is 2. The van der Waals surface area contributed by atoms with Crippen molar-refractivity contribution in [2.24, 2.45) is 0 Å². The second-order valence-electron chi connectivity index (χ2n) is 8.36. The molecule has 1 fully saturated rings. The second kappa shape index (κ2) is 9.24. The zero-order valence-electron chi connectivity index (χ0n) is 18.8. The predicted molar refractivity (Wildman–Crippen MR) is 133 cm³/mol. The zero-order valence-corrected chi connectivity index (χ0v) is 18.8. The van der Waals surface area contributed by atoms with E-state index in [1.165, 1.54) is 15.7 Å². The van der Waals surface area contributed by atoms with E-state index in [0.29, 0.717) is 6.61 Å². The Kier molecular flexibility index (Phi) is 5.83. The Morgan fingerprint density at radius 1 is 0.882 bits per heavy atom. The molecule has 1 aliphatic rings. The van der Waals surface area contributed by atoms with Crippen molar-refractivity contribution < 1.29 is 14.3 Å². The van der Waals surface area contributed by atoms with Crippen LogP contribution in [0.5, 0.6) is 5.75 Å². The maximum Gasteiger partial charge on any atom is 0.329 e. The highest BCUT2D eigenvalue weighted by Gasteiger charge is 2.33. The number of benzene rings is 4. The number of rotatable bonds is 6. The van der Waals surface area contributed by atoms with Crippen LogP contribution in [0.1, 0.15) is 22.3 Å². The second-order valence-corrected chi connectivity index (χ2v) is 8.36. The fourth-order valence-electron chi connectivity index (χ4n) is 4.11. The molecule has 5 heteroatoms. The van der Waals surface area contributed by atoms with Crippen LogP contribution < -0.4 is 10.1 Å². The molecule has 0 unspecified atom stereocenters. The Hall–Kier alpha value is -4.38. The van der Waals surface area contributed by atoms with E-state index in [4.69, 9.17) is 4.74 Å². The lowest BCUT2D eigenvalue weighted by Crippen LogP contribution is -2.30. The van der Waals surface area contributed by atoms with Crippen LogP contribution in [-0.2, 0) is 17.9 Å². The van der Waals surface area contributed by atoms with E-state index in [2.05, 4.69) is 29.6 Å². The van der Waals surface area contributed by atoms with Gasteiger partial charge in [-0.2, -0.15) is 0 Å². The number of nitrogens with zero attached hydrogens (tertiary/aromatic N) is 1. The summed E-state index contributed by atoms with van der Waals surface area (Å²) in [5.74, 6) is 0.403. The molecular formula is C29H24N2O3. The standard InChI is InChI=1S/C29H24N2O3/c1-20-6-4-7-22(16-20)18-31-28(32)27(30-29(31)33)17-21-12-14-25(15-13-21)34-19-24-10-5-9-23-8-2-3-11-26(23)24/h2-17H,18-19H2,1H3,(H,30,33)/b27-17+. The molecule has 1 N–H and O–H groups in total. The van der Waals surface area contributed by atoms with Gasteiger partial charge in [0.05, 0.1) is 6.54 Å². The molecule has 3 amide bonds. The number of amides is 3. The minimum atomic E-state index is -0.409. The molecule has 0 aliphatic carbocycles. The molecule has 168 valence electrons.